The first-order chi connectivity index (χ1) is 7.69. The fraction of sp³-hybridized carbons (Fsp3) is 1.00. The van der Waals surface area contributed by atoms with Gasteiger partial charge in [0, 0.05) is 36.3 Å². The average molecular weight is 240 g/mol. The number of nitrogens with zero attached hydrogens (tertiary/aromatic N) is 2. The van der Waals surface area contributed by atoms with Crippen LogP contribution in [-0.2, 0) is 4.74 Å². The number of hydrogen-bond donors (Lipinski definition) is 0. The van der Waals surface area contributed by atoms with E-state index < -0.39 is 0 Å². The van der Waals surface area contributed by atoms with Gasteiger partial charge in [-0.15, -0.1) is 0 Å². The summed E-state index contributed by atoms with van der Waals surface area (Å²) >= 11 is 0. The van der Waals surface area contributed by atoms with Crippen LogP contribution in [0.5, 0.6) is 0 Å². The third kappa shape index (κ3) is 2.67. The maximum atomic E-state index is 5.85. The van der Waals surface area contributed by atoms with E-state index in [1.54, 1.807) is 0 Å². The predicted molar refractivity (Wildman–Crippen MR) is 71.3 cm³/mol. The summed E-state index contributed by atoms with van der Waals surface area (Å²) in [7, 11) is 0. The Morgan fingerprint density at radius 3 is 1.41 bits per heavy atom. The smallest absolute Gasteiger partial charge is 0.0635 e. The Balaban J connectivity index is 2.20. The number of rotatable bonds is 0. The van der Waals surface area contributed by atoms with Crippen LogP contribution < -0.4 is 0 Å². The molecule has 0 spiro atoms. The van der Waals surface area contributed by atoms with Crippen molar-refractivity contribution in [1.29, 1.82) is 0 Å². The highest BCUT2D eigenvalue weighted by Crippen LogP contribution is 2.31. The normalized spacial score (nSPS) is 32.8. The predicted octanol–water partition coefficient (Wildman–Crippen LogP) is 1.97. The molecule has 3 aliphatic rings. The lowest BCUT2D eigenvalue weighted by atomic mass is 9.94. The highest BCUT2D eigenvalue weighted by atomic mass is 16.5. The Morgan fingerprint density at radius 2 is 1.12 bits per heavy atom. The molecule has 0 saturated carbocycles. The third-order valence-electron chi connectivity index (χ3n) is 4.04. The minimum atomic E-state index is 0.251. The molecule has 100 valence electrons. The van der Waals surface area contributed by atoms with Crippen molar-refractivity contribution in [2.45, 2.75) is 64.7 Å². The fourth-order valence-electron chi connectivity index (χ4n) is 3.22. The van der Waals surface area contributed by atoms with Crippen LogP contribution >= 0.6 is 0 Å². The molecule has 2 atom stereocenters. The maximum Gasteiger partial charge on any atom is 0.0635 e. The Hall–Kier alpha value is -0.120. The van der Waals surface area contributed by atoms with E-state index in [-0.39, 0.29) is 11.1 Å². The lowest BCUT2D eigenvalue weighted by Crippen LogP contribution is -2.66. The number of fused-ring (bicyclic) bond motifs is 4. The van der Waals surface area contributed by atoms with Gasteiger partial charge in [-0.25, -0.2) is 0 Å². The zero-order valence-electron chi connectivity index (χ0n) is 12.3. The zero-order valence-corrected chi connectivity index (χ0v) is 12.3. The molecule has 3 nitrogen and oxygen atoms in total. The summed E-state index contributed by atoms with van der Waals surface area (Å²) in [6, 6.07) is 1.10. The van der Waals surface area contributed by atoms with Crippen LogP contribution in [0.4, 0.5) is 0 Å². The first-order valence-corrected chi connectivity index (χ1v) is 6.81. The molecule has 3 fully saturated rings. The van der Waals surface area contributed by atoms with Gasteiger partial charge in [0.2, 0.25) is 0 Å². The van der Waals surface area contributed by atoms with Gasteiger partial charge in [0.25, 0.3) is 0 Å². The largest absolute Gasteiger partial charge is 0.378 e. The number of piperazine rings is 1. The molecule has 0 aromatic carbocycles. The maximum absolute atomic E-state index is 5.85. The van der Waals surface area contributed by atoms with Gasteiger partial charge < -0.3 is 4.74 Å². The summed E-state index contributed by atoms with van der Waals surface area (Å²) in [5, 5.41) is 0. The van der Waals surface area contributed by atoms with Gasteiger partial charge >= 0.3 is 0 Å². The van der Waals surface area contributed by atoms with Crippen LogP contribution in [0, 0.1) is 0 Å². The first kappa shape index (κ1) is 13.3. The van der Waals surface area contributed by atoms with Crippen LogP contribution in [0.15, 0.2) is 0 Å². The lowest BCUT2D eigenvalue weighted by Gasteiger charge is -2.52. The second kappa shape index (κ2) is 4.22. The molecule has 0 aromatic heterocycles. The summed E-state index contributed by atoms with van der Waals surface area (Å²) in [5.41, 5.74) is 0.501. The highest BCUT2D eigenvalue weighted by Gasteiger charge is 2.44. The van der Waals surface area contributed by atoms with Crippen molar-refractivity contribution < 1.29 is 4.74 Å². The van der Waals surface area contributed by atoms with Crippen molar-refractivity contribution in [2.24, 2.45) is 0 Å². The molecular weight excluding hydrogens is 212 g/mol. The molecule has 2 unspecified atom stereocenters. The molecule has 0 aromatic rings. The van der Waals surface area contributed by atoms with Crippen molar-refractivity contribution in [1.82, 2.24) is 9.80 Å². The molecule has 2 bridgehead atoms. The standard InChI is InChI=1S/C14H28N2O/c1-13(2,3)15-7-12-10-17-9-11(15)8-16(12)14(4,5)6/h11-12H,7-10H2,1-6H3. The Labute approximate surface area is 106 Å². The summed E-state index contributed by atoms with van der Waals surface area (Å²) in [6.07, 6.45) is 0. The lowest BCUT2D eigenvalue weighted by molar-refractivity contribution is -0.0407. The van der Waals surface area contributed by atoms with Gasteiger partial charge in [-0.3, -0.25) is 9.80 Å². The second-order valence-corrected chi connectivity index (χ2v) is 7.49. The van der Waals surface area contributed by atoms with Gasteiger partial charge in [0.05, 0.1) is 13.2 Å². The number of ether oxygens (including phenoxy) is 1. The van der Waals surface area contributed by atoms with Crippen molar-refractivity contribution in [3.63, 3.8) is 0 Å². The van der Waals surface area contributed by atoms with Crippen molar-refractivity contribution in [3.8, 4) is 0 Å². The van der Waals surface area contributed by atoms with Gasteiger partial charge in [0.15, 0.2) is 0 Å². The van der Waals surface area contributed by atoms with Crippen molar-refractivity contribution >= 4 is 0 Å². The Morgan fingerprint density at radius 1 is 0.765 bits per heavy atom. The summed E-state index contributed by atoms with van der Waals surface area (Å²) in [4.78, 5) is 5.26. The van der Waals surface area contributed by atoms with E-state index in [0.29, 0.717) is 12.1 Å². The van der Waals surface area contributed by atoms with Crippen LogP contribution in [0.1, 0.15) is 41.5 Å². The molecule has 0 N–H and O–H groups in total. The third-order valence-corrected chi connectivity index (χ3v) is 4.04. The van der Waals surface area contributed by atoms with Crippen molar-refractivity contribution in [3.05, 3.63) is 0 Å². The van der Waals surface area contributed by atoms with E-state index in [4.69, 9.17) is 4.74 Å². The molecule has 0 radical (unpaired) electrons. The molecule has 3 heterocycles. The molecule has 3 heteroatoms. The summed E-state index contributed by atoms with van der Waals surface area (Å²) in [6.45, 7) is 18.0. The van der Waals surface area contributed by atoms with E-state index in [0.717, 1.165) is 26.3 Å². The Bertz CT molecular complexity index is 249. The SMILES string of the molecule is CC(C)(C)N1CC2COCC1CN2C(C)(C)C. The van der Waals surface area contributed by atoms with Gasteiger partial charge in [-0.05, 0) is 41.5 Å². The van der Waals surface area contributed by atoms with E-state index in [1.165, 1.54) is 0 Å². The van der Waals surface area contributed by atoms with Gasteiger partial charge in [-0.2, -0.15) is 0 Å². The molecular formula is C14H28N2O. The topological polar surface area (TPSA) is 15.7 Å². The van der Waals surface area contributed by atoms with Gasteiger partial charge in [0.1, 0.15) is 0 Å². The van der Waals surface area contributed by atoms with E-state index in [9.17, 15) is 0 Å². The molecule has 3 aliphatic heterocycles. The molecule has 3 saturated heterocycles. The molecule has 0 aliphatic carbocycles. The van der Waals surface area contributed by atoms with E-state index in [1.807, 2.05) is 0 Å². The number of hydrogen-bond acceptors (Lipinski definition) is 3. The minimum absolute atomic E-state index is 0.251. The summed E-state index contributed by atoms with van der Waals surface area (Å²) < 4.78 is 5.85. The Kier molecular flexibility index (Phi) is 3.30. The summed E-state index contributed by atoms with van der Waals surface area (Å²) in [5.74, 6) is 0. The van der Waals surface area contributed by atoms with E-state index in [2.05, 4.69) is 51.3 Å². The van der Waals surface area contributed by atoms with Crippen LogP contribution in [-0.4, -0.2) is 59.3 Å². The highest BCUT2D eigenvalue weighted by molar-refractivity contribution is 4.99. The molecule has 3 rings (SSSR count). The van der Waals surface area contributed by atoms with E-state index >= 15 is 0 Å². The van der Waals surface area contributed by atoms with Crippen molar-refractivity contribution in [2.75, 3.05) is 26.3 Å². The molecule has 0 amide bonds. The van der Waals surface area contributed by atoms with Crippen LogP contribution in [0.3, 0.4) is 0 Å². The fourth-order valence-corrected chi connectivity index (χ4v) is 3.22. The average Bonchev–Trinajstić information content (AvgIpc) is 2.46. The monoisotopic (exact) mass is 240 g/mol. The van der Waals surface area contributed by atoms with Crippen LogP contribution in [0.2, 0.25) is 0 Å². The van der Waals surface area contributed by atoms with Gasteiger partial charge in [-0.1, -0.05) is 0 Å². The zero-order chi connectivity index (χ0) is 12.8. The first-order valence-electron chi connectivity index (χ1n) is 6.81. The minimum Gasteiger partial charge on any atom is -0.378 e. The second-order valence-electron chi connectivity index (χ2n) is 7.49. The molecule has 17 heavy (non-hydrogen) atoms. The quantitative estimate of drug-likeness (QED) is 0.644. The van der Waals surface area contributed by atoms with Crippen LogP contribution in [0.25, 0.3) is 0 Å².